The Morgan fingerprint density at radius 2 is 2.28 bits per heavy atom. The van der Waals surface area contributed by atoms with Crippen molar-refractivity contribution in [2.45, 2.75) is 25.8 Å². The van der Waals surface area contributed by atoms with Gasteiger partial charge in [-0.25, -0.2) is 0 Å². The highest BCUT2D eigenvalue weighted by Crippen LogP contribution is 2.27. The zero-order chi connectivity index (χ0) is 13.7. The first-order valence-corrected chi connectivity index (χ1v) is 6.19. The number of amides is 1. The number of carbonyl (C=O) groups is 1. The summed E-state index contributed by atoms with van der Waals surface area (Å²) in [7, 11) is 0. The largest absolute Gasteiger partial charge is 0.328 e. The molecule has 0 saturated heterocycles. The highest BCUT2D eigenvalue weighted by Gasteiger charge is 2.12. The Morgan fingerprint density at radius 1 is 1.61 bits per heavy atom. The Kier molecular flexibility index (Phi) is 5.24. The van der Waals surface area contributed by atoms with E-state index in [4.69, 9.17) is 5.73 Å². The summed E-state index contributed by atoms with van der Waals surface area (Å²) in [5, 5.41) is 13.2. The Hall–Kier alpha value is -1.47. The number of nitrogens with two attached hydrogens (primary N) is 1. The quantitative estimate of drug-likeness (QED) is 0.644. The van der Waals surface area contributed by atoms with Crippen molar-refractivity contribution < 1.29 is 9.72 Å². The van der Waals surface area contributed by atoms with E-state index >= 15 is 0 Å². The molecule has 1 amide bonds. The molecule has 3 N–H and O–H groups in total. The molecule has 1 atom stereocenters. The van der Waals surface area contributed by atoms with Crippen LogP contribution >= 0.6 is 15.9 Å². The van der Waals surface area contributed by atoms with Gasteiger partial charge in [0.25, 0.3) is 5.69 Å². The number of halogens is 1. The van der Waals surface area contributed by atoms with Crippen LogP contribution in [0.1, 0.15) is 19.8 Å². The number of non-ortho nitro benzene ring substituents is 1. The molecule has 0 aliphatic carbocycles. The van der Waals surface area contributed by atoms with Crippen LogP contribution in [-0.2, 0) is 4.79 Å². The maximum absolute atomic E-state index is 11.6. The van der Waals surface area contributed by atoms with Crippen molar-refractivity contribution in [1.82, 2.24) is 0 Å². The summed E-state index contributed by atoms with van der Waals surface area (Å²) in [6, 6.07) is 4.15. The maximum atomic E-state index is 11.6. The average molecular weight is 316 g/mol. The third-order valence-electron chi connectivity index (χ3n) is 2.26. The molecule has 0 heterocycles. The zero-order valence-corrected chi connectivity index (χ0v) is 11.4. The lowest BCUT2D eigenvalue weighted by atomic mass is 10.2. The Balaban J connectivity index is 2.74. The van der Waals surface area contributed by atoms with Crippen LogP contribution in [0, 0.1) is 10.1 Å². The number of hydrogen-bond acceptors (Lipinski definition) is 4. The summed E-state index contributed by atoms with van der Waals surface area (Å²) in [6.07, 6.45) is 0.852. The first kappa shape index (κ1) is 14.6. The summed E-state index contributed by atoms with van der Waals surface area (Å²) >= 11 is 3.23. The molecule has 6 nitrogen and oxygen atoms in total. The van der Waals surface area contributed by atoms with Gasteiger partial charge in [0.15, 0.2) is 0 Å². The molecule has 0 aromatic heterocycles. The molecule has 0 aliphatic heterocycles. The van der Waals surface area contributed by atoms with E-state index in [1.54, 1.807) is 0 Å². The summed E-state index contributed by atoms with van der Waals surface area (Å²) in [5.74, 6) is -0.214. The summed E-state index contributed by atoms with van der Waals surface area (Å²) in [5.41, 5.74) is 5.87. The average Bonchev–Trinajstić information content (AvgIpc) is 2.29. The van der Waals surface area contributed by atoms with Gasteiger partial charge in [-0.2, -0.15) is 0 Å². The van der Waals surface area contributed by atoms with Gasteiger partial charge in [0.1, 0.15) is 0 Å². The Labute approximate surface area is 113 Å². The van der Waals surface area contributed by atoms with Crippen molar-refractivity contribution in [3.05, 3.63) is 32.8 Å². The first-order chi connectivity index (χ1) is 8.40. The van der Waals surface area contributed by atoms with Crippen molar-refractivity contribution in [2.24, 2.45) is 5.73 Å². The fourth-order valence-corrected chi connectivity index (χ4v) is 1.64. The van der Waals surface area contributed by atoms with Crippen LogP contribution in [0.2, 0.25) is 0 Å². The zero-order valence-electron chi connectivity index (χ0n) is 9.85. The standard InChI is InChI=1S/C11H14BrN3O3/c1-7(13)2-5-11(16)14-10-6-8(15(17)18)3-4-9(10)12/h3-4,6-7H,2,5,13H2,1H3,(H,14,16). The SMILES string of the molecule is CC(N)CCC(=O)Nc1cc([N+](=O)[O-])ccc1Br. The summed E-state index contributed by atoms with van der Waals surface area (Å²) in [6.45, 7) is 1.82. The lowest BCUT2D eigenvalue weighted by Crippen LogP contribution is -2.19. The second kappa shape index (κ2) is 6.46. The third-order valence-corrected chi connectivity index (χ3v) is 2.95. The highest BCUT2D eigenvalue weighted by atomic mass is 79.9. The molecule has 7 heteroatoms. The second-order valence-electron chi connectivity index (χ2n) is 3.99. The summed E-state index contributed by atoms with van der Waals surface area (Å²) in [4.78, 5) is 21.7. The first-order valence-electron chi connectivity index (χ1n) is 5.39. The maximum Gasteiger partial charge on any atom is 0.271 e. The summed E-state index contributed by atoms with van der Waals surface area (Å²) < 4.78 is 0.599. The molecule has 1 aromatic rings. The van der Waals surface area contributed by atoms with E-state index in [9.17, 15) is 14.9 Å². The highest BCUT2D eigenvalue weighted by molar-refractivity contribution is 9.10. The molecule has 1 aromatic carbocycles. The van der Waals surface area contributed by atoms with E-state index in [1.165, 1.54) is 18.2 Å². The fraction of sp³-hybridized carbons (Fsp3) is 0.364. The number of nitro groups is 1. The molecule has 18 heavy (non-hydrogen) atoms. The smallest absolute Gasteiger partial charge is 0.271 e. The minimum atomic E-state index is -0.510. The minimum Gasteiger partial charge on any atom is -0.328 e. The van der Waals surface area contributed by atoms with Crippen LogP contribution in [0.25, 0.3) is 0 Å². The number of hydrogen-bond donors (Lipinski definition) is 2. The van der Waals surface area contributed by atoms with Gasteiger partial charge in [0, 0.05) is 29.1 Å². The van der Waals surface area contributed by atoms with Gasteiger partial charge in [-0.3, -0.25) is 14.9 Å². The lowest BCUT2D eigenvalue weighted by molar-refractivity contribution is -0.384. The normalized spacial score (nSPS) is 11.9. The van der Waals surface area contributed by atoms with Gasteiger partial charge in [-0.1, -0.05) is 0 Å². The minimum absolute atomic E-state index is 0.0516. The molecule has 0 spiro atoms. The molecule has 1 unspecified atom stereocenters. The van der Waals surface area contributed by atoms with Crippen LogP contribution in [0.15, 0.2) is 22.7 Å². The van der Waals surface area contributed by atoms with Gasteiger partial charge in [0.05, 0.1) is 10.6 Å². The van der Waals surface area contributed by atoms with Crippen LogP contribution in [0.3, 0.4) is 0 Å². The van der Waals surface area contributed by atoms with Gasteiger partial charge in [0.2, 0.25) is 5.91 Å². The molecule has 98 valence electrons. The van der Waals surface area contributed by atoms with Crippen molar-refractivity contribution in [3.63, 3.8) is 0 Å². The molecular weight excluding hydrogens is 302 g/mol. The van der Waals surface area contributed by atoms with Crippen LogP contribution in [0.5, 0.6) is 0 Å². The predicted molar refractivity (Wildman–Crippen MR) is 72.3 cm³/mol. The van der Waals surface area contributed by atoms with E-state index in [2.05, 4.69) is 21.2 Å². The number of nitrogens with zero attached hydrogens (tertiary/aromatic N) is 1. The lowest BCUT2D eigenvalue weighted by Gasteiger charge is -2.08. The number of carbonyl (C=O) groups excluding carboxylic acids is 1. The molecule has 0 saturated carbocycles. The van der Waals surface area contributed by atoms with Crippen molar-refractivity contribution in [2.75, 3.05) is 5.32 Å². The second-order valence-corrected chi connectivity index (χ2v) is 4.84. The number of nitro benzene ring substituents is 1. The van der Waals surface area contributed by atoms with E-state index in [-0.39, 0.29) is 24.1 Å². The number of benzene rings is 1. The molecule has 1 rings (SSSR count). The van der Waals surface area contributed by atoms with Crippen LogP contribution < -0.4 is 11.1 Å². The third kappa shape index (κ3) is 4.42. The van der Waals surface area contributed by atoms with Crippen LogP contribution in [0.4, 0.5) is 11.4 Å². The van der Waals surface area contributed by atoms with E-state index < -0.39 is 4.92 Å². The van der Waals surface area contributed by atoms with Crippen molar-refractivity contribution >= 4 is 33.2 Å². The van der Waals surface area contributed by atoms with E-state index in [0.717, 1.165) is 0 Å². The van der Waals surface area contributed by atoms with Crippen molar-refractivity contribution in [3.8, 4) is 0 Å². The molecule has 0 fully saturated rings. The fourth-order valence-electron chi connectivity index (χ4n) is 1.29. The molecule has 0 radical (unpaired) electrons. The van der Waals surface area contributed by atoms with Gasteiger partial charge in [-0.05, 0) is 35.3 Å². The van der Waals surface area contributed by atoms with Crippen molar-refractivity contribution in [1.29, 1.82) is 0 Å². The number of anilines is 1. The topological polar surface area (TPSA) is 98.3 Å². The van der Waals surface area contributed by atoms with E-state index in [0.29, 0.717) is 16.6 Å². The number of nitrogens with one attached hydrogen (secondary N) is 1. The van der Waals surface area contributed by atoms with Gasteiger partial charge < -0.3 is 11.1 Å². The molecule has 0 bridgehead atoms. The monoisotopic (exact) mass is 315 g/mol. The van der Waals surface area contributed by atoms with E-state index in [1.807, 2.05) is 6.92 Å². The van der Waals surface area contributed by atoms with Gasteiger partial charge in [-0.15, -0.1) is 0 Å². The molecular formula is C11H14BrN3O3. The number of rotatable bonds is 5. The predicted octanol–water partition coefficient (Wildman–Crippen LogP) is 2.42. The molecule has 0 aliphatic rings. The Bertz CT molecular complexity index is 463. The van der Waals surface area contributed by atoms with Gasteiger partial charge >= 0.3 is 0 Å². The Morgan fingerprint density at radius 3 is 2.83 bits per heavy atom. The van der Waals surface area contributed by atoms with Crippen LogP contribution in [-0.4, -0.2) is 16.9 Å².